The van der Waals surface area contributed by atoms with E-state index in [2.05, 4.69) is 0 Å². The molecule has 216 valence electrons. The maximum Gasteiger partial charge on any atom is 0.390 e. The first-order valence-corrected chi connectivity index (χ1v) is 15.5. The van der Waals surface area contributed by atoms with Crippen LogP contribution in [0.1, 0.15) is 74.5 Å². The molecule has 0 fully saturated rings. The highest BCUT2D eigenvalue weighted by Gasteiger charge is 2.29. The predicted octanol–water partition coefficient (Wildman–Crippen LogP) is 6.98. The van der Waals surface area contributed by atoms with Gasteiger partial charge in [-0.05, 0) is 117 Å². The standard InChI is InChI=1S/C30H40F3NO4S/c1-34(18-8-19-39(37,38)20-16-30(31,32)33)17-5-3-2-4-12-29-27(23-9-6-11-25(35)21-23)13-7-10-24-22-26(36)14-15-28(24)29/h6,9,11,14-15,21-22,35-36H,2-5,7-8,10,12-13,16-20H2,1H3. The van der Waals surface area contributed by atoms with Crippen molar-refractivity contribution in [3.63, 3.8) is 0 Å². The second-order valence-corrected chi connectivity index (χ2v) is 12.8. The number of aromatic hydroxyl groups is 2. The topological polar surface area (TPSA) is 77.8 Å². The van der Waals surface area contributed by atoms with E-state index >= 15 is 0 Å². The predicted molar refractivity (Wildman–Crippen MR) is 150 cm³/mol. The summed E-state index contributed by atoms with van der Waals surface area (Å²) in [5, 5.41) is 20.1. The number of alkyl halides is 3. The fraction of sp³-hybridized carbons (Fsp3) is 0.533. The number of fused-ring (bicyclic) bond motifs is 1. The van der Waals surface area contributed by atoms with E-state index in [1.807, 2.05) is 42.3 Å². The van der Waals surface area contributed by atoms with Gasteiger partial charge in [0.1, 0.15) is 11.5 Å². The van der Waals surface area contributed by atoms with Gasteiger partial charge in [-0.2, -0.15) is 13.2 Å². The van der Waals surface area contributed by atoms with Crippen LogP contribution in [0.25, 0.3) is 11.1 Å². The number of hydrogen-bond donors (Lipinski definition) is 2. The zero-order valence-corrected chi connectivity index (χ0v) is 23.5. The molecule has 0 atom stereocenters. The van der Waals surface area contributed by atoms with Crippen molar-refractivity contribution < 1.29 is 31.8 Å². The SMILES string of the molecule is CN(CCCCCCC1=C(c2cccc(O)c2)CCCc2cc(O)ccc21)CCCS(=O)(=O)CCC(F)(F)F. The first-order valence-electron chi connectivity index (χ1n) is 13.7. The summed E-state index contributed by atoms with van der Waals surface area (Å²) >= 11 is 0. The second-order valence-electron chi connectivity index (χ2n) is 10.5. The Bertz CT molecular complexity index is 1220. The van der Waals surface area contributed by atoms with Crippen LogP contribution in [0.4, 0.5) is 13.2 Å². The van der Waals surface area contributed by atoms with Crippen molar-refractivity contribution in [2.45, 2.75) is 70.4 Å². The highest BCUT2D eigenvalue weighted by Crippen LogP contribution is 2.40. The van der Waals surface area contributed by atoms with Crippen molar-refractivity contribution in [3.8, 4) is 11.5 Å². The van der Waals surface area contributed by atoms with Crippen LogP contribution in [-0.4, -0.2) is 61.3 Å². The first kappa shape index (κ1) is 31.0. The molecule has 39 heavy (non-hydrogen) atoms. The Hall–Kier alpha value is -2.52. The van der Waals surface area contributed by atoms with E-state index in [0.29, 0.717) is 13.0 Å². The van der Waals surface area contributed by atoms with E-state index in [4.69, 9.17) is 0 Å². The van der Waals surface area contributed by atoms with E-state index in [-0.39, 0.29) is 17.3 Å². The van der Waals surface area contributed by atoms with Crippen LogP contribution in [0.2, 0.25) is 0 Å². The Labute approximate surface area is 230 Å². The lowest BCUT2D eigenvalue weighted by molar-refractivity contribution is -0.129. The number of halogens is 3. The van der Waals surface area contributed by atoms with Gasteiger partial charge in [-0.25, -0.2) is 8.42 Å². The van der Waals surface area contributed by atoms with Gasteiger partial charge < -0.3 is 15.1 Å². The van der Waals surface area contributed by atoms with Crippen molar-refractivity contribution in [1.29, 1.82) is 0 Å². The van der Waals surface area contributed by atoms with Crippen LogP contribution < -0.4 is 0 Å². The summed E-state index contributed by atoms with van der Waals surface area (Å²) in [6.45, 7) is 1.34. The average Bonchev–Trinajstić information content (AvgIpc) is 3.03. The lowest BCUT2D eigenvalue weighted by Gasteiger charge is -2.18. The lowest BCUT2D eigenvalue weighted by atomic mass is 9.89. The molecule has 0 amide bonds. The molecule has 0 bridgehead atoms. The Morgan fingerprint density at radius 2 is 1.59 bits per heavy atom. The number of nitrogens with zero attached hydrogens (tertiary/aromatic N) is 1. The molecule has 0 heterocycles. The fourth-order valence-electron chi connectivity index (χ4n) is 5.22. The van der Waals surface area contributed by atoms with Gasteiger partial charge in [0.05, 0.1) is 17.9 Å². The summed E-state index contributed by atoms with van der Waals surface area (Å²) in [6.07, 6.45) is 2.28. The summed E-state index contributed by atoms with van der Waals surface area (Å²) in [5.74, 6) is -0.534. The van der Waals surface area contributed by atoms with Crippen LogP contribution in [0.15, 0.2) is 42.5 Å². The number of allylic oxidation sites excluding steroid dienone is 2. The summed E-state index contributed by atoms with van der Waals surface area (Å²) < 4.78 is 60.5. The molecule has 1 aliphatic rings. The Kier molecular flexibility index (Phi) is 11.3. The summed E-state index contributed by atoms with van der Waals surface area (Å²) in [4.78, 5) is 2.04. The summed E-state index contributed by atoms with van der Waals surface area (Å²) in [7, 11) is -1.78. The Morgan fingerprint density at radius 1 is 0.872 bits per heavy atom. The quantitative estimate of drug-likeness (QED) is 0.241. The monoisotopic (exact) mass is 567 g/mol. The maximum atomic E-state index is 12.3. The first-order chi connectivity index (χ1) is 18.4. The van der Waals surface area contributed by atoms with E-state index in [0.717, 1.165) is 69.0 Å². The Morgan fingerprint density at radius 3 is 2.33 bits per heavy atom. The third-order valence-corrected chi connectivity index (χ3v) is 8.99. The van der Waals surface area contributed by atoms with Gasteiger partial charge in [0.15, 0.2) is 9.84 Å². The van der Waals surface area contributed by atoms with Crippen LogP contribution in [0, 0.1) is 0 Å². The van der Waals surface area contributed by atoms with Gasteiger partial charge in [-0.3, -0.25) is 0 Å². The number of rotatable bonds is 14. The van der Waals surface area contributed by atoms with E-state index in [1.165, 1.54) is 16.7 Å². The van der Waals surface area contributed by atoms with Crippen molar-refractivity contribution >= 4 is 21.0 Å². The van der Waals surface area contributed by atoms with E-state index in [9.17, 15) is 31.8 Å². The second kappa shape index (κ2) is 14.2. The summed E-state index contributed by atoms with van der Waals surface area (Å²) in [6, 6.07) is 13.0. The zero-order valence-electron chi connectivity index (χ0n) is 22.6. The number of sulfone groups is 1. The zero-order chi connectivity index (χ0) is 28.5. The number of benzene rings is 2. The van der Waals surface area contributed by atoms with Gasteiger partial charge >= 0.3 is 6.18 Å². The molecule has 0 spiro atoms. The van der Waals surface area contributed by atoms with Gasteiger partial charge in [-0.15, -0.1) is 0 Å². The molecule has 5 nitrogen and oxygen atoms in total. The molecule has 0 unspecified atom stereocenters. The normalized spacial score (nSPS) is 14.5. The maximum absolute atomic E-state index is 12.3. The van der Waals surface area contributed by atoms with E-state index < -0.39 is 28.2 Å². The lowest BCUT2D eigenvalue weighted by Crippen LogP contribution is -2.24. The molecular formula is C30H40F3NO4S. The van der Waals surface area contributed by atoms with Crippen molar-refractivity contribution in [2.24, 2.45) is 0 Å². The average molecular weight is 568 g/mol. The molecule has 0 radical (unpaired) electrons. The minimum atomic E-state index is -4.45. The summed E-state index contributed by atoms with van der Waals surface area (Å²) in [5.41, 5.74) is 5.89. The molecule has 2 N–H and O–H groups in total. The minimum Gasteiger partial charge on any atom is -0.508 e. The molecule has 0 saturated carbocycles. The molecule has 0 saturated heterocycles. The van der Waals surface area contributed by atoms with Crippen LogP contribution in [-0.2, 0) is 16.3 Å². The van der Waals surface area contributed by atoms with E-state index in [1.54, 1.807) is 12.1 Å². The van der Waals surface area contributed by atoms with Gasteiger partial charge in [0.25, 0.3) is 0 Å². The number of hydrogen-bond acceptors (Lipinski definition) is 5. The number of aryl methyl sites for hydroxylation is 1. The third-order valence-electron chi connectivity index (χ3n) is 7.25. The molecule has 3 rings (SSSR count). The third kappa shape index (κ3) is 10.5. The number of unbranched alkanes of at least 4 members (excludes halogenated alkanes) is 3. The molecule has 0 aromatic heterocycles. The fourth-order valence-corrected chi connectivity index (χ4v) is 6.54. The molecular weight excluding hydrogens is 527 g/mol. The number of phenolic OH excluding ortho intramolecular Hbond substituents is 2. The van der Waals surface area contributed by atoms with Crippen molar-refractivity contribution in [3.05, 3.63) is 59.2 Å². The Balaban J connectivity index is 1.49. The number of phenols is 2. The van der Waals surface area contributed by atoms with Gasteiger partial charge in [-0.1, -0.05) is 31.0 Å². The molecule has 1 aliphatic carbocycles. The van der Waals surface area contributed by atoms with Gasteiger partial charge in [0, 0.05) is 0 Å². The molecule has 0 aliphatic heterocycles. The van der Waals surface area contributed by atoms with Gasteiger partial charge in [0.2, 0.25) is 0 Å². The van der Waals surface area contributed by atoms with Crippen LogP contribution in [0.3, 0.4) is 0 Å². The molecule has 2 aromatic rings. The van der Waals surface area contributed by atoms with Crippen LogP contribution >= 0.6 is 0 Å². The highest BCUT2D eigenvalue weighted by molar-refractivity contribution is 7.91. The van der Waals surface area contributed by atoms with Crippen molar-refractivity contribution in [2.75, 3.05) is 31.6 Å². The van der Waals surface area contributed by atoms with Crippen molar-refractivity contribution in [1.82, 2.24) is 4.90 Å². The smallest absolute Gasteiger partial charge is 0.390 e. The van der Waals surface area contributed by atoms with Crippen LogP contribution in [0.5, 0.6) is 11.5 Å². The highest BCUT2D eigenvalue weighted by atomic mass is 32.2. The molecule has 2 aromatic carbocycles. The molecule has 9 heteroatoms. The minimum absolute atomic E-state index is 0.219. The largest absolute Gasteiger partial charge is 0.508 e.